The fourth-order valence-corrected chi connectivity index (χ4v) is 2.32. The third kappa shape index (κ3) is 3.10. The predicted octanol–water partition coefficient (Wildman–Crippen LogP) is 3.56. The Morgan fingerprint density at radius 2 is 2.17 bits per heavy atom. The number of fused-ring (bicyclic) bond motifs is 1. The van der Waals surface area contributed by atoms with E-state index in [4.69, 9.17) is 0 Å². The van der Waals surface area contributed by atoms with Crippen LogP contribution in [0.5, 0.6) is 0 Å². The Balaban J connectivity index is 1.97. The second-order valence-corrected chi connectivity index (χ2v) is 4.86. The molecule has 0 saturated carbocycles. The van der Waals surface area contributed by atoms with Gasteiger partial charge in [0.05, 0.1) is 5.52 Å². The van der Waals surface area contributed by atoms with E-state index >= 15 is 0 Å². The highest BCUT2D eigenvalue weighted by Crippen LogP contribution is 2.16. The van der Waals surface area contributed by atoms with Gasteiger partial charge in [0, 0.05) is 25.3 Å². The van der Waals surface area contributed by atoms with Gasteiger partial charge >= 0.3 is 0 Å². The van der Waals surface area contributed by atoms with Crippen LogP contribution in [0.1, 0.15) is 26.7 Å². The van der Waals surface area contributed by atoms with E-state index in [2.05, 4.69) is 23.7 Å². The van der Waals surface area contributed by atoms with Crippen LogP contribution in [0.15, 0.2) is 30.5 Å². The number of rotatable bonds is 6. The molecule has 0 aliphatic heterocycles. The SMILES string of the molecule is CCCC(C)NCCn1ccc2ccc(F)cc21. The molecule has 0 saturated heterocycles. The topological polar surface area (TPSA) is 17.0 Å². The lowest BCUT2D eigenvalue weighted by molar-refractivity contribution is 0.489. The van der Waals surface area contributed by atoms with Gasteiger partial charge in [-0.05, 0) is 43.0 Å². The zero-order chi connectivity index (χ0) is 13.0. The van der Waals surface area contributed by atoms with Crippen LogP contribution in [0.4, 0.5) is 4.39 Å². The lowest BCUT2D eigenvalue weighted by Crippen LogP contribution is -2.29. The molecule has 2 aromatic rings. The Hall–Kier alpha value is -1.35. The zero-order valence-electron chi connectivity index (χ0n) is 11.1. The van der Waals surface area contributed by atoms with Gasteiger partial charge < -0.3 is 9.88 Å². The molecular weight excluding hydrogens is 227 g/mol. The van der Waals surface area contributed by atoms with Crippen molar-refractivity contribution in [3.05, 3.63) is 36.3 Å². The second-order valence-electron chi connectivity index (χ2n) is 4.86. The van der Waals surface area contributed by atoms with Gasteiger partial charge in [0.15, 0.2) is 0 Å². The molecule has 0 radical (unpaired) electrons. The highest BCUT2D eigenvalue weighted by Gasteiger charge is 2.03. The molecule has 18 heavy (non-hydrogen) atoms. The number of nitrogens with zero attached hydrogens (tertiary/aromatic N) is 1. The molecular formula is C15H21FN2. The maximum Gasteiger partial charge on any atom is 0.125 e. The fraction of sp³-hybridized carbons (Fsp3) is 0.467. The van der Waals surface area contributed by atoms with E-state index < -0.39 is 0 Å². The molecule has 98 valence electrons. The van der Waals surface area contributed by atoms with Crippen LogP contribution in [0.25, 0.3) is 10.9 Å². The Morgan fingerprint density at radius 1 is 1.33 bits per heavy atom. The van der Waals surface area contributed by atoms with Gasteiger partial charge in [-0.25, -0.2) is 4.39 Å². The van der Waals surface area contributed by atoms with E-state index in [0.29, 0.717) is 6.04 Å². The fourth-order valence-electron chi connectivity index (χ4n) is 2.32. The van der Waals surface area contributed by atoms with E-state index in [1.165, 1.54) is 18.9 Å². The van der Waals surface area contributed by atoms with Crippen molar-refractivity contribution in [2.75, 3.05) is 6.54 Å². The summed E-state index contributed by atoms with van der Waals surface area (Å²) in [6.07, 6.45) is 4.42. The Bertz CT molecular complexity index is 504. The third-order valence-corrected chi connectivity index (χ3v) is 3.30. The Morgan fingerprint density at radius 3 is 2.94 bits per heavy atom. The highest BCUT2D eigenvalue weighted by atomic mass is 19.1. The highest BCUT2D eigenvalue weighted by molar-refractivity contribution is 5.80. The van der Waals surface area contributed by atoms with Crippen LogP contribution in [-0.2, 0) is 6.54 Å². The minimum Gasteiger partial charge on any atom is -0.346 e. The molecule has 0 amide bonds. The normalized spacial score (nSPS) is 13.1. The van der Waals surface area contributed by atoms with Gasteiger partial charge in [-0.2, -0.15) is 0 Å². The molecule has 2 nitrogen and oxygen atoms in total. The molecule has 1 atom stereocenters. The Kier molecular flexibility index (Phi) is 4.37. The average molecular weight is 248 g/mol. The summed E-state index contributed by atoms with van der Waals surface area (Å²) in [5.74, 6) is -0.172. The molecule has 1 heterocycles. The average Bonchev–Trinajstić information content (AvgIpc) is 2.72. The number of halogens is 1. The quantitative estimate of drug-likeness (QED) is 0.827. The van der Waals surface area contributed by atoms with Crippen LogP contribution in [0, 0.1) is 5.82 Å². The minimum atomic E-state index is -0.172. The van der Waals surface area contributed by atoms with Gasteiger partial charge in [-0.15, -0.1) is 0 Å². The number of hydrogen-bond donors (Lipinski definition) is 1. The van der Waals surface area contributed by atoms with Crippen LogP contribution >= 0.6 is 0 Å². The van der Waals surface area contributed by atoms with E-state index in [1.807, 2.05) is 18.3 Å². The first-order valence-electron chi connectivity index (χ1n) is 6.68. The van der Waals surface area contributed by atoms with Crippen LogP contribution < -0.4 is 5.32 Å². The molecule has 0 aliphatic carbocycles. The van der Waals surface area contributed by atoms with E-state index in [-0.39, 0.29) is 5.82 Å². The molecule has 0 fully saturated rings. The van der Waals surface area contributed by atoms with Crippen molar-refractivity contribution in [2.24, 2.45) is 0 Å². The van der Waals surface area contributed by atoms with E-state index in [9.17, 15) is 4.39 Å². The monoisotopic (exact) mass is 248 g/mol. The molecule has 1 unspecified atom stereocenters. The third-order valence-electron chi connectivity index (χ3n) is 3.30. The van der Waals surface area contributed by atoms with Crippen molar-refractivity contribution in [1.29, 1.82) is 0 Å². The summed E-state index contributed by atoms with van der Waals surface area (Å²) in [4.78, 5) is 0. The number of benzene rings is 1. The lowest BCUT2D eigenvalue weighted by atomic mass is 10.2. The molecule has 0 bridgehead atoms. The van der Waals surface area contributed by atoms with Crippen molar-refractivity contribution in [1.82, 2.24) is 9.88 Å². The molecule has 1 aromatic carbocycles. The second kappa shape index (κ2) is 6.01. The summed E-state index contributed by atoms with van der Waals surface area (Å²) < 4.78 is 15.3. The summed E-state index contributed by atoms with van der Waals surface area (Å²) in [6.45, 7) is 6.19. The van der Waals surface area contributed by atoms with Crippen LogP contribution in [0.3, 0.4) is 0 Å². The summed E-state index contributed by atoms with van der Waals surface area (Å²) in [5.41, 5.74) is 0.972. The molecule has 1 aromatic heterocycles. The summed E-state index contributed by atoms with van der Waals surface area (Å²) >= 11 is 0. The summed E-state index contributed by atoms with van der Waals surface area (Å²) in [7, 11) is 0. The molecule has 2 rings (SSSR count). The first kappa shape index (κ1) is 13.1. The zero-order valence-corrected chi connectivity index (χ0v) is 11.1. The van der Waals surface area contributed by atoms with Crippen molar-refractivity contribution in [2.45, 2.75) is 39.3 Å². The van der Waals surface area contributed by atoms with Gasteiger partial charge in [0.25, 0.3) is 0 Å². The maximum atomic E-state index is 13.2. The molecule has 0 aliphatic rings. The van der Waals surface area contributed by atoms with Crippen molar-refractivity contribution in [3.63, 3.8) is 0 Å². The first-order chi connectivity index (χ1) is 8.70. The smallest absolute Gasteiger partial charge is 0.125 e. The summed E-state index contributed by atoms with van der Waals surface area (Å²) in [5, 5.41) is 4.58. The number of nitrogens with one attached hydrogen (secondary N) is 1. The van der Waals surface area contributed by atoms with Crippen LogP contribution in [0.2, 0.25) is 0 Å². The maximum absolute atomic E-state index is 13.2. The van der Waals surface area contributed by atoms with E-state index in [0.717, 1.165) is 24.0 Å². The number of aromatic nitrogens is 1. The standard InChI is InChI=1S/C15H21FN2/c1-3-4-12(2)17-8-10-18-9-7-13-5-6-14(16)11-15(13)18/h5-7,9,11-12,17H,3-4,8,10H2,1-2H3. The number of hydrogen-bond acceptors (Lipinski definition) is 1. The lowest BCUT2D eigenvalue weighted by Gasteiger charge is -2.13. The van der Waals surface area contributed by atoms with Gasteiger partial charge in [-0.1, -0.05) is 13.3 Å². The van der Waals surface area contributed by atoms with Gasteiger partial charge in [0.1, 0.15) is 5.82 Å². The van der Waals surface area contributed by atoms with Crippen molar-refractivity contribution >= 4 is 10.9 Å². The molecule has 1 N–H and O–H groups in total. The molecule has 3 heteroatoms. The van der Waals surface area contributed by atoms with Crippen LogP contribution in [-0.4, -0.2) is 17.2 Å². The first-order valence-corrected chi connectivity index (χ1v) is 6.68. The minimum absolute atomic E-state index is 0.172. The summed E-state index contributed by atoms with van der Waals surface area (Å²) in [6, 6.07) is 7.52. The van der Waals surface area contributed by atoms with Crippen molar-refractivity contribution < 1.29 is 4.39 Å². The largest absolute Gasteiger partial charge is 0.346 e. The Labute approximate surface area is 108 Å². The van der Waals surface area contributed by atoms with Gasteiger partial charge in [0.2, 0.25) is 0 Å². The van der Waals surface area contributed by atoms with E-state index in [1.54, 1.807) is 6.07 Å². The molecule has 0 spiro atoms. The predicted molar refractivity (Wildman–Crippen MR) is 74.3 cm³/mol. The van der Waals surface area contributed by atoms with Crippen molar-refractivity contribution in [3.8, 4) is 0 Å². The van der Waals surface area contributed by atoms with Gasteiger partial charge in [-0.3, -0.25) is 0 Å².